The number of halogens is 1. The molecule has 4 nitrogen and oxygen atoms in total. The molecule has 0 saturated carbocycles. The fourth-order valence-electron chi connectivity index (χ4n) is 2.00. The lowest BCUT2D eigenvalue weighted by Crippen LogP contribution is -2.25. The van der Waals surface area contributed by atoms with Gasteiger partial charge in [-0.1, -0.05) is 11.2 Å². The molecule has 1 atom stereocenters. The molecule has 0 aliphatic carbocycles. The highest BCUT2D eigenvalue weighted by Crippen LogP contribution is 2.30. The number of benzene rings is 1. The zero-order valence-electron chi connectivity index (χ0n) is 11.2. The predicted octanol–water partition coefficient (Wildman–Crippen LogP) is 3.18. The molecule has 0 bridgehead atoms. The number of hydrogen-bond donors (Lipinski definition) is 2. The van der Waals surface area contributed by atoms with Gasteiger partial charge in [0, 0.05) is 23.2 Å². The third-order valence-corrected chi connectivity index (χ3v) is 4.30. The topological polar surface area (TPSA) is 61.8 Å². The summed E-state index contributed by atoms with van der Waals surface area (Å²) < 4.78 is 13.4. The number of amidine groups is 1. The van der Waals surface area contributed by atoms with E-state index in [4.69, 9.17) is 10.9 Å². The molecule has 0 radical (unpaired) electrons. The minimum atomic E-state index is -0.424. The van der Waals surface area contributed by atoms with Crippen LogP contribution in [0.3, 0.4) is 0 Å². The Morgan fingerprint density at radius 1 is 1.45 bits per heavy atom. The monoisotopic (exact) mass is 293 g/mol. The summed E-state index contributed by atoms with van der Waals surface area (Å²) in [5, 5.41) is 13.8. The van der Waals surface area contributed by atoms with Crippen LogP contribution in [0.5, 0.6) is 0 Å². The van der Waals surface area contributed by atoms with Gasteiger partial charge in [-0.05, 0) is 36.6 Å². The zero-order valence-corrected chi connectivity index (χ0v) is 12.1. The van der Waals surface area contributed by atoms with E-state index < -0.39 is 5.82 Å². The molecule has 2 rings (SSSR count). The van der Waals surface area contributed by atoms with E-state index >= 15 is 0 Å². The van der Waals surface area contributed by atoms with Crippen molar-refractivity contribution in [3.05, 3.63) is 52.0 Å². The molecular formula is C14H16FN3OS. The maximum atomic E-state index is 13.4. The van der Waals surface area contributed by atoms with Crippen LogP contribution in [0, 0.1) is 5.82 Å². The van der Waals surface area contributed by atoms with E-state index in [0.29, 0.717) is 11.3 Å². The summed E-state index contributed by atoms with van der Waals surface area (Å²) in [6, 6.07) is 8.39. The first-order valence-corrected chi connectivity index (χ1v) is 6.96. The summed E-state index contributed by atoms with van der Waals surface area (Å²) in [6.45, 7) is 2.05. The summed E-state index contributed by atoms with van der Waals surface area (Å²) in [5.74, 6) is -0.530. The summed E-state index contributed by atoms with van der Waals surface area (Å²) in [6.07, 6.45) is 0. The maximum Gasteiger partial charge on any atom is 0.172 e. The standard InChI is InChI=1S/C14H16FN3OS/c1-9(13-4-3-7-20-13)18(2)12-6-5-10(15)8-11(12)14(16)17-19/h3-9,19H,1-2H3,(H2,16,17). The first-order chi connectivity index (χ1) is 9.54. The highest BCUT2D eigenvalue weighted by Gasteiger charge is 2.18. The Hall–Kier alpha value is -2.08. The van der Waals surface area contributed by atoms with Crippen molar-refractivity contribution < 1.29 is 9.60 Å². The number of oxime groups is 1. The Morgan fingerprint density at radius 2 is 2.20 bits per heavy atom. The van der Waals surface area contributed by atoms with Crippen molar-refractivity contribution >= 4 is 22.9 Å². The van der Waals surface area contributed by atoms with Crippen LogP contribution in [0.4, 0.5) is 10.1 Å². The number of hydrogen-bond acceptors (Lipinski definition) is 4. The van der Waals surface area contributed by atoms with Crippen molar-refractivity contribution in [1.82, 2.24) is 0 Å². The van der Waals surface area contributed by atoms with Crippen LogP contribution in [-0.2, 0) is 0 Å². The quantitative estimate of drug-likeness (QED) is 0.394. The van der Waals surface area contributed by atoms with Crippen molar-refractivity contribution in [3.63, 3.8) is 0 Å². The van der Waals surface area contributed by atoms with Crippen LogP contribution in [0.2, 0.25) is 0 Å². The number of rotatable bonds is 4. The first kappa shape index (κ1) is 14.3. The van der Waals surface area contributed by atoms with Gasteiger partial charge in [-0.15, -0.1) is 11.3 Å². The summed E-state index contributed by atoms with van der Waals surface area (Å²) >= 11 is 1.65. The Morgan fingerprint density at radius 3 is 2.80 bits per heavy atom. The SMILES string of the molecule is CC(c1cccs1)N(C)c1ccc(F)cc1C(N)=NO. The zero-order chi connectivity index (χ0) is 14.7. The molecule has 0 amide bonds. The molecule has 106 valence electrons. The van der Waals surface area contributed by atoms with Gasteiger partial charge < -0.3 is 15.8 Å². The first-order valence-electron chi connectivity index (χ1n) is 6.08. The van der Waals surface area contributed by atoms with E-state index in [1.165, 1.54) is 17.0 Å². The molecule has 1 unspecified atom stereocenters. The van der Waals surface area contributed by atoms with E-state index in [1.807, 2.05) is 36.4 Å². The molecule has 0 saturated heterocycles. The Kier molecular flexibility index (Phi) is 4.24. The van der Waals surface area contributed by atoms with Crippen LogP contribution >= 0.6 is 11.3 Å². The van der Waals surface area contributed by atoms with Crippen molar-refractivity contribution in [1.29, 1.82) is 0 Å². The lowest BCUT2D eigenvalue weighted by atomic mass is 10.1. The van der Waals surface area contributed by atoms with Gasteiger partial charge in [0.25, 0.3) is 0 Å². The van der Waals surface area contributed by atoms with Gasteiger partial charge in [-0.25, -0.2) is 4.39 Å². The van der Waals surface area contributed by atoms with Crippen LogP contribution in [0.15, 0.2) is 40.9 Å². The van der Waals surface area contributed by atoms with E-state index in [0.717, 1.165) is 0 Å². The Balaban J connectivity index is 2.41. The number of nitrogens with two attached hydrogens (primary N) is 1. The van der Waals surface area contributed by atoms with Gasteiger partial charge in [0.2, 0.25) is 0 Å². The minimum absolute atomic E-state index is 0.103. The van der Waals surface area contributed by atoms with Crippen LogP contribution in [0.1, 0.15) is 23.4 Å². The van der Waals surface area contributed by atoms with Crippen LogP contribution in [0.25, 0.3) is 0 Å². The largest absolute Gasteiger partial charge is 0.409 e. The highest BCUT2D eigenvalue weighted by atomic mass is 32.1. The van der Waals surface area contributed by atoms with Gasteiger partial charge in [0.1, 0.15) is 5.82 Å². The van der Waals surface area contributed by atoms with Gasteiger partial charge in [0.15, 0.2) is 5.84 Å². The summed E-state index contributed by atoms with van der Waals surface area (Å²) in [5.41, 5.74) is 6.71. The molecule has 1 aromatic carbocycles. The molecule has 3 N–H and O–H groups in total. The second-order valence-electron chi connectivity index (χ2n) is 4.45. The summed E-state index contributed by atoms with van der Waals surface area (Å²) in [4.78, 5) is 3.15. The third-order valence-electron chi connectivity index (χ3n) is 3.26. The predicted molar refractivity (Wildman–Crippen MR) is 80.0 cm³/mol. The Bertz CT molecular complexity index is 613. The lowest BCUT2D eigenvalue weighted by molar-refractivity contribution is 0.318. The molecule has 0 aliphatic rings. The van der Waals surface area contributed by atoms with E-state index in [9.17, 15) is 4.39 Å². The molecule has 0 fully saturated rings. The molecule has 1 heterocycles. The minimum Gasteiger partial charge on any atom is -0.409 e. The fourth-order valence-corrected chi connectivity index (χ4v) is 2.83. The summed E-state index contributed by atoms with van der Waals surface area (Å²) in [7, 11) is 1.89. The van der Waals surface area contributed by atoms with Gasteiger partial charge >= 0.3 is 0 Å². The molecule has 20 heavy (non-hydrogen) atoms. The van der Waals surface area contributed by atoms with Gasteiger partial charge in [-0.2, -0.15) is 0 Å². The van der Waals surface area contributed by atoms with Crippen LogP contribution < -0.4 is 10.6 Å². The molecular weight excluding hydrogens is 277 g/mol. The molecule has 1 aromatic heterocycles. The highest BCUT2D eigenvalue weighted by molar-refractivity contribution is 7.10. The average molecular weight is 293 g/mol. The molecule has 2 aromatic rings. The maximum absolute atomic E-state index is 13.4. The normalized spacial score (nSPS) is 13.2. The van der Waals surface area contributed by atoms with Crippen LogP contribution in [-0.4, -0.2) is 18.1 Å². The van der Waals surface area contributed by atoms with Gasteiger partial charge in [0.05, 0.1) is 6.04 Å². The van der Waals surface area contributed by atoms with Crippen molar-refractivity contribution in [2.24, 2.45) is 10.9 Å². The second kappa shape index (κ2) is 5.92. The number of thiophene rings is 1. The van der Waals surface area contributed by atoms with Crippen molar-refractivity contribution in [2.45, 2.75) is 13.0 Å². The smallest absolute Gasteiger partial charge is 0.172 e. The van der Waals surface area contributed by atoms with E-state index in [2.05, 4.69) is 5.16 Å². The average Bonchev–Trinajstić information content (AvgIpc) is 2.99. The fraction of sp³-hybridized carbons (Fsp3) is 0.214. The third kappa shape index (κ3) is 2.75. The molecule has 6 heteroatoms. The van der Waals surface area contributed by atoms with Crippen molar-refractivity contribution in [2.75, 3.05) is 11.9 Å². The van der Waals surface area contributed by atoms with E-state index in [1.54, 1.807) is 17.4 Å². The second-order valence-corrected chi connectivity index (χ2v) is 5.43. The molecule has 0 aliphatic heterocycles. The lowest BCUT2D eigenvalue weighted by Gasteiger charge is -2.28. The Labute approximate surface area is 120 Å². The van der Waals surface area contributed by atoms with Gasteiger partial charge in [-0.3, -0.25) is 0 Å². The number of anilines is 1. The van der Waals surface area contributed by atoms with Crippen molar-refractivity contribution in [3.8, 4) is 0 Å². The number of nitrogens with zero attached hydrogens (tertiary/aromatic N) is 2. The van der Waals surface area contributed by atoms with E-state index in [-0.39, 0.29) is 11.9 Å². The molecule has 0 spiro atoms.